The van der Waals surface area contributed by atoms with E-state index in [1.807, 2.05) is 30.3 Å². The number of hydrogen-bond donors (Lipinski definition) is 2. The summed E-state index contributed by atoms with van der Waals surface area (Å²) in [6, 6.07) is 10.5. The number of alkyl carbamates (subject to hydrolysis) is 1. The zero-order valence-corrected chi connectivity index (χ0v) is 13.0. The van der Waals surface area contributed by atoms with Crippen LogP contribution < -0.4 is 10.6 Å². The van der Waals surface area contributed by atoms with Gasteiger partial charge in [0.05, 0.1) is 0 Å². The SMILES string of the molecule is CC(C)CCNC1CC(NC(=O)OCc2ccccc2)C1. The standard InChI is InChI=1S/C17H26N2O2/c1-13(2)8-9-18-15-10-16(11-15)19-17(20)21-12-14-6-4-3-5-7-14/h3-7,13,15-16,18H,8-12H2,1-2H3,(H,19,20). The average molecular weight is 290 g/mol. The minimum absolute atomic E-state index is 0.254. The summed E-state index contributed by atoms with van der Waals surface area (Å²) >= 11 is 0. The summed E-state index contributed by atoms with van der Waals surface area (Å²) in [5, 5.41) is 6.43. The molecule has 0 atom stereocenters. The van der Waals surface area contributed by atoms with Crippen LogP contribution >= 0.6 is 0 Å². The highest BCUT2D eigenvalue weighted by Crippen LogP contribution is 2.20. The summed E-state index contributed by atoms with van der Waals surface area (Å²) in [7, 11) is 0. The first kappa shape index (κ1) is 15.8. The Hall–Kier alpha value is -1.55. The minimum Gasteiger partial charge on any atom is -0.445 e. The second-order valence-corrected chi connectivity index (χ2v) is 6.21. The quantitative estimate of drug-likeness (QED) is 0.811. The monoisotopic (exact) mass is 290 g/mol. The van der Waals surface area contributed by atoms with Crippen molar-refractivity contribution in [1.29, 1.82) is 0 Å². The van der Waals surface area contributed by atoms with Gasteiger partial charge in [0, 0.05) is 12.1 Å². The Balaban J connectivity index is 1.54. The van der Waals surface area contributed by atoms with Crippen LogP contribution in [0.15, 0.2) is 30.3 Å². The number of nitrogens with one attached hydrogen (secondary N) is 2. The molecule has 1 amide bonds. The summed E-state index contributed by atoms with van der Waals surface area (Å²) in [4.78, 5) is 11.7. The van der Waals surface area contributed by atoms with Crippen LogP contribution in [0.1, 0.15) is 38.7 Å². The summed E-state index contributed by atoms with van der Waals surface area (Å²) in [6.45, 7) is 5.86. The van der Waals surface area contributed by atoms with Gasteiger partial charge in [0.15, 0.2) is 0 Å². The summed E-state index contributed by atoms with van der Waals surface area (Å²) < 4.78 is 5.21. The maximum Gasteiger partial charge on any atom is 0.407 e. The van der Waals surface area contributed by atoms with Crippen LogP contribution in [0.2, 0.25) is 0 Å². The lowest BCUT2D eigenvalue weighted by atomic mass is 9.86. The van der Waals surface area contributed by atoms with Gasteiger partial charge in [0.1, 0.15) is 6.61 Å². The molecule has 1 aromatic rings. The fraction of sp³-hybridized carbons (Fsp3) is 0.588. The van der Waals surface area contributed by atoms with Gasteiger partial charge >= 0.3 is 6.09 Å². The third-order valence-corrected chi connectivity index (χ3v) is 3.83. The molecular formula is C17H26N2O2. The number of benzene rings is 1. The first-order valence-corrected chi connectivity index (χ1v) is 7.84. The number of amides is 1. The van der Waals surface area contributed by atoms with Crippen molar-refractivity contribution in [2.45, 2.75) is 51.8 Å². The lowest BCUT2D eigenvalue weighted by Gasteiger charge is -2.36. The van der Waals surface area contributed by atoms with Gasteiger partial charge in [0.2, 0.25) is 0 Å². The topological polar surface area (TPSA) is 50.4 Å². The van der Waals surface area contributed by atoms with E-state index in [0.717, 1.165) is 30.9 Å². The Bertz CT molecular complexity index is 428. The van der Waals surface area contributed by atoms with E-state index in [0.29, 0.717) is 12.6 Å². The van der Waals surface area contributed by atoms with E-state index in [4.69, 9.17) is 4.74 Å². The Labute approximate surface area is 127 Å². The number of hydrogen-bond acceptors (Lipinski definition) is 3. The van der Waals surface area contributed by atoms with Gasteiger partial charge < -0.3 is 15.4 Å². The largest absolute Gasteiger partial charge is 0.445 e. The van der Waals surface area contributed by atoms with Gasteiger partial charge in [-0.3, -0.25) is 0 Å². The van der Waals surface area contributed by atoms with Crippen LogP contribution in [-0.2, 0) is 11.3 Å². The third kappa shape index (κ3) is 5.76. The fourth-order valence-electron chi connectivity index (χ4n) is 2.41. The fourth-order valence-corrected chi connectivity index (χ4v) is 2.41. The molecule has 0 aromatic heterocycles. The van der Waals surface area contributed by atoms with Gasteiger partial charge in [-0.1, -0.05) is 44.2 Å². The Morgan fingerprint density at radius 2 is 1.95 bits per heavy atom. The van der Waals surface area contributed by atoms with E-state index in [9.17, 15) is 4.79 Å². The molecule has 2 rings (SSSR count). The first-order chi connectivity index (χ1) is 10.1. The van der Waals surface area contributed by atoms with E-state index in [2.05, 4.69) is 24.5 Å². The van der Waals surface area contributed by atoms with E-state index >= 15 is 0 Å². The Morgan fingerprint density at radius 3 is 2.62 bits per heavy atom. The van der Waals surface area contributed by atoms with E-state index < -0.39 is 0 Å². The van der Waals surface area contributed by atoms with Crippen molar-refractivity contribution in [1.82, 2.24) is 10.6 Å². The summed E-state index contributed by atoms with van der Waals surface area (Å²) in [5.41, 5.74) is 1.01. The molecule has 1 fully saturated rings. The van der Waals surface area contributed by atoms with Crippen molar-refractivity contribution in [2.75, 3.05) is 6.54 Å². The van der Waals surface area contributed by atoms with Crippen molar-refractivity contribution in [2.24, 2.45) is 5.92 Å². The number of ether oxygens (including phenoxy) is 1. The Kier molecular flexibility index (Phi) is 6.05. The highest BCUT2D eigenvalue weighted by atomic mass is 16.5. The van der Waals surface area contributed by atoms with Gasteiger partial charge in [-0.2, -0.15) is 0 Å². The molecule has 0 heterocycles. The smallest absolute Gasteiger partial charge is 0.407 e. The second-order valence-electron chi connectivity index (χ2n) is 6.21. The first-order valence-electron chi connectivity index (χ1n) is 7.84. The molecule has 2 N–H and O–H groups in total. The van der Waals surface area contributed by atoms with Gasteiger partial charge in [-0.05, 0) is 37.3 Å². The maximum absolute atomic E-state index is 11.7. The Morgan fingerprint density at radius 1 is 1.24 bits per heavy atom. The molecule has 1 aliphatic rings. The molecule has 116 valence electrons. The molecule has 1 aliphatic carbocycles. The normalized spacial score (nSPS) is 20.9. The molecule has 0 radical (unpaired) electrons. The summed E-state index contributed by atoms with van der Waals surface area (Å²) in [6.07, 6.45) is 2.88. The van der Waals surface area contributed by atoms with Crippen LogP contribution in [0.25, 0.3) is 0 Å². The molecule has 0 bridgehead atoms. The molecule has 0 saturated heterocycles. The van der Waals surface area contributed by atoms with Crippen molar-refractivity contribution < 1.29 is 9.53 Å². The predicted octanol–water partition coefficient (Wildman–Crippen LogP) is 3.08. The molecule has 0 aliphatic heterocycles. The molecule has 21 heavy (non-hydrogen) atoms. The van der Waals surface area contributed by atoms with E-state index in [1.54, 1.807) is 0 Å². The number of carbonyl (C=O) groups is 1. The predicted molar refractivity (Wildman–Crippen MR) is 84.0 cm³/mol. The second kappa shape index (κ2) is 8.03. The van der Waals surface area contributed by atoms with E-state index in [1.165, 1.54) is 6.42 Å². The molecule has 0 spiro atoms. The molecule has 0 unspecified atom stereocenters. The molecule has 4 nitrogen and oxygen atoms in total. The highest BCUT2D eigenvalue weighted by molar-refractivity contribution is 5.67. The van der Waals surface area contributed by atoms with Crippen LogP contribution in [0.5, 0.6) is 0 Å². The van der Waals surface area contributed by atoms with Crippen LogP contribution in [0.3, 0.4) is 0 Å². The zero-order chi connectivity index (χ0) is 15.1. The number of rotatable bonds is 7. The van der Waals surface area contributed by atoms with Crippen molar-refractivity contribution in [3.63, 3.8) is 0 Å². The highest BCUT2D eigenvalue weighted by Gasteiger charge is 2.30. The molecule has 1 aromatic carbocycles. The van der Waals surface area contributed by atoms with Crippen LogP contribution in [0, 0.1) is 5.92 Å². The van der Waals surface area contributed by atoms with Gasteiger partial charge in [-0.15, -0.1) is 0 Å². The van der Waals surface area contributed by atoms with Gasteiger partial charge in [-0.25, -0.2) is 4.79 Å². The number of carbonyl (C=O) groups excluding carboxylic acids is 1. The van der Waals surface area contributed by atoms with Crippen molar-refractivity contribution in [3.05, 3.63) is 35.9 Å². The van der Waals surface area contributed by atoms with Crippen molar-refractivity contribution >= 4 is 6.09 Å². The minimum atomic E-state index is -0.315. The zero-order valence-electron chi connectivity index (χ0n) is 13.0. The summed E-state index contributed by atoms with van der Waals surface area (Å²) in [5.74, 6) is 0.736. The van der Waals surface area contributed by atoms with Crippen molar-refractivity contribution in [3.8, 4) is 0 Å². The molecule has 4 heteroatoms. The molecular weight excluding hydrogens is 264 g/mol. The van der Waals surface area contributed by atoms with E-state index in [-0.39, 0.29) is 12.1 Å². The lowest BCUT2D eigenvalue weighted by Crippen LogP contribution is -2.52. The third-order valence-electron chi connectivity index (χ3n) is 3.83. The van der Waals surface area contributed by atoms with Crippen LogP contribution in [0.4, 0.5) is 4.79 Å². The van der Waals surface area contributed by atoms with Crippen LogP contribution in [-0.4, -0.2) is 24.7 Å². The van der Waals surface area contributed by atoms with Gasteiger partial charge in [0.25, 0.3) is 0 Å². The lowest BCUT2D eigenvalue weighted by molar-refractivity contribution is 0.125. The maximum atomic E-state index is 11.7. The average Bonchev–Trinajstić information content (AvgIpc) is 2.43. The molecule has 1 saturated carbocycles.